The molecule has 0 spiro atoms. The Hall–Kier alpha value is -5.16. The summed E-state index contributed by atoms with van der Waals surface area (Å²) in [7, 11) is 0. The minimum Gasteiger partial charge on any atom is -0.313 e. The molecule has 5 aromatic carbocycles. The van der Waals surface area contributed by atoms with Gasteiger partial charge in [-0.1, -0.05) is 121 Å². The van der Waals surface area contributed by atoms with E-state index in [4.69, 9.17) is 5.10 Å². The summed E-state index contributed by atoms with van der Waals surface area (Å²) in [6.45, 7) is 2.60. The van der Waals surface area contributed by atoms with Gasteiger partial charge < -0.3 is 10.2 Å². The van der Waals surface area contributed by atoms with Gasteiger partial charge in [0.1, 0.15) is 5.54 Å². The third-order valence-corrected chi connectivity index (χ3v) is 8.28. The van der Waals surface area contributed by atoms with Gasteiger partial charge in [-0.25, -0.2) is 9.48 Å². The van der Waals surface area contributed by atoms with Crippen molar-refractivity contribution in [3.05, 3.63) is 167 Å². The highest BCUT2D eigenvalue weighted by Crippen LogP contribution is 2.43. The van der Waals surface area contributed by atoms with E-state index >= 15 is 0 Å². The van der Waals surface area contributed by atoms with E-state index in [2.05, 4.69) is 114 Å². The Bertz CT molecular complexity index is 1720. The first-order chi connectivity index (χ1) is 20.2. The summed E-state index contributed by atoms with van der Waals surface area (Å²) in [5.74, 6) is 0. The Balaban J connectivity index is 1.42. The second kappa shape index (κ2) is 10.1. The van der Waals surface area contributed by atoms with Crippen LogP contribution in [0, 0.1) is 0 Å². The second-order valence-electron chi connectivity index (χ2n) is 10.6. The Morgan fingerprint density at radius 3 is 1.78 bits per heavy atom. The highest BCUT2D eigenvalue weighted by Gasteiger charge is 2.40. The zero-order chi connectivity index (χ0) is 27.8. The van der Waals surface area contributed by atoms with Crippen LogP contribution in [0.4, 0.5) is 10.5 Å². The van der Waals surface area contributed by atoms with Crippen LogP contribution < -0.4 is 5.32 Å². The topological polar surface area (TPSA) is 50.2 Å². The highest BCUT2D eigenvalue weighted by molar-refractivity contribution is 5.96. The predicted molar refractivity (Wildman–Crippen MR) is 164 cm³/mol. The van der Waals surface area contributed by atoms with Gasteiger partial charge in [0.15, 0.2) is 0 Å². The molecule has 1 aliphatic heterocycles. The lowest BCUT2D eigenvalue weighted by Gasteiger charge is -2.37. The van der Waals surface area contributed by atoms with Crippen molar-refractivity contribution < 1.29 is 4.79 Å². The Morgan fingerprint density at radius 2 is 1.24 bits per heavy atom. The molecule has 0 fully saturated rings. The van der Waals surface area contributed by atoms with E-state index in [0.717, 1.165) is 44.4 Å². The molecule has 1 N–H and O–H groups in total. The molecule has 1 aromatic heterocycles. The molecule has 0 unspecified atom stereocenters. The fourth-order valence-corrected chi connectivity index (χ4v) is 6.21. The van der Waals surface area contributed by atoms with Crippen molar-refractivity contribution in [2.45, 2.75) is 25.0 Å². The number of anilines is 1. The molecule has 0 bridgehead atoms. The highest BCUT2D eigenvalue weighted by atomic mass is 16.2. The number of nitrogens with zero attached hydrogens (tertiary/aromatic N) is 3. The lowest BCUT2D eigenvalue weighted by atomic mass is 9.77. The maximum atomic E-state index is 13.4. The molecule has 0 saturated heterocycles. The van der Waals surface area contributed by atoms with Gasteiger partial charge in [-0.05, 0) is 46.9 Å². The summed E-state index contributed by atoms with van der Waals surface area (Å²) < 4.78 is 2.12. The normalized spacial score (nSPS) is 14.0. The molecule has 5 heteroatoms. The lowest BCUT2D eigenvalue weighted by Crippen LogP contribution is -2.40. The quantitative estimate of drug-likeness (QED) is 0.220. The van der Waals surface area contributed by atoms with Crippen molar-refractivity contribution in [2.24, 2.45) is 0 Å². The van der Waals surface area contributed by atoms with Gasteiger partial charge in [-0.15, -0.1) is 0 Å². The van der Waals surface area contributed by atoms with Crippen LogP contribution in [-0.2, 0) is 12.1 Å². The minimum absolute atomic E-state index is 0.0512. The smallest absolute Gasteiger partial charge is 0.313 e. The van der Waals surface area contributed by atoms with Crippen LogP contribution in [-0.4, -0.2) is 20.7 Å². The van der Waals surface area contributed by atoms with Crippen LogP contribution in [0.1, 0.15) is 40.8 Å². The maximum Gasteiger partial charge on any atom is 0.322 e. The predicted octanol–water partition coefficient (Wildman–Crippen LogP) is 7.99. The van der Waals surface area contributed by atoms with Crippen molar-refractivity contribution >= 4 is 22.6 Å². The number of hydrogen-bond acceptors (Lipinski definition) is 2. The van der Waals surface area contributed by atoms with Crippen LogP contribution >= 0.6 is 0 Å². The van der Waals surface area contributed by atoms with Crippen LogP contribution in [0.5, 0.6) is 0 Å². The zero-order valence-electron chi connectivity index (χ0n) is 22.8. The number of rotatable bonds is 6. The zero-order valence-corrected chi connectivity index (χ0v) is 22.8. The largest absolute Gasteiger partial charge is 0.322 e. The molecule has 0 radical (unpaired) electrons. The van der Waals surface area contributed by atoms with Gasteiger partial charge in [0.25, 0.3) is 0 Å². The summed E-state index contributed by atoms with van der Waals surface area (Å²) >= 11 is 0. The molecule has 1 aliphatic rings. The Kier molecular flexibility index (Phi) is 6.12. The van der Waals surface area contributed by atoms with Gasteiger partial charge >= 0.3 is 6.03 Å². The molecular weight excluding hydrogens is 504 g/mol. The third-order valence-electron chi connectivity index (χ3n) is 8.28. The van der Waals surface area contributed by atoms with E-state index in [1.807, 2.05) is 47.5 Å². The van der Waals surface area contributed by atoms with Crippen molar-refractivity contribution in [3.8, 4) is 0 Å². The van der Waals surface area contributed by atoms with Crippen molar-refractivity contribution in [1.82, 2.24) is 14.7 Å². The number of amides is 2. The van der Waals surface area contributed by atoms with E-state index in [1.165, 1.54) is 0 Å². The van der Waals surface area contributed by atoms with E-state index < -0.39 is 5.54 Å². The molecule has 7 rings (SSSR count). The summed E-state index contributed by atoms with van der Waals surface area (Å²) in [5.41, 5.74) is 6.54. The fourth-order valence-electron chi connectivity index (χ4n) is 6.21. The first-order valence-corrected chi connectivity index (χ1v) is 14.0. The lowest BCUT2D eigenvalue weighted by molar-refractivity contribution is 0.186. The Labute approximate surface area is 239 Å². The van der Waals surface area contributed by atoms with Gasteiger partial charge in [-0.2, -0.15) is 5.10 Å². The number of carbonyl (C=O) groups is 1. The first kappa shape index (κ1) is 24.9. The van der Waals surface area contributed by atoms with Crippen LogP contribution in [0.15, 0.2) is 140 Å². The molecule has 200 valence electrons. The minimum atomic E-state index is -0.730. The monoisotopic (exact) mass is 534 g/mol. The van der Waals surface area contributed by atoms with Crippen LogP contribution in [0.25, 0.3) is 10.9 Å². The van der Waals surface area contributed by atoms with Gasteiger partial charge in [0.05, 0.1) is 24.3 Å². The van der Waals surface area contributed by atoms with E-state index in [0.29, 0.717) is 6.54 Å². The molecule has 5 nitrogen and oxygen atoms in total. The molecular formula is C36H30N4O. The summed E-state index contributed by atoms with van der Waals surface area (Å²) in [5, 5.41) is 9.29. The van der Waals surface area contributed by atoms with Gasteiger partial charge in [0, 0.05) is 11.1 Å². The van der Waals surface area contributed by atoms with Crippen molar-refractivity contribution in [3.63, 3.8) is 0 Å². The van der Waals surface area contributed by atoms with Gasteiger partial charge in [-0.3, -0.25) is 0 Å². The van der Waals surface area contributed by atoms with E-state index in [1.54, 1.807) is 0 Å². The summed E-state index contributed by atoms with van der Waals surface area (Å²) in [4.78, 5) is 15.3. The second-order valence-corrected chi connectivity index (χ2v) is 10.6. The van der Waals surface area contributed by atoms with Crippen LogP contribution in [0.3, 0.4) is 0 Å². The molecule has 1 atom stereocenters. The van der Waals surface area contributed by atoms with E-state index in [9.17, 15) is 4.79 Å². The number of aromatic nitrogens is 2. The summed E-state index contributed by atoms with van der Waals surface area (Å²) in [6, 6.07) is 45.8. The van der Waals surface area contributed by atoms with Crippen molar-refractivity contribution in [1.29, 1.82) is 0 Å². The number of nitrogens with one attached hydrogen (secondary N) is 1. The standard InChI is InChI=1S/C36H30N4O/c1-26(27-14-6-2-7-15-27)39-25-29-22-28-24-37-40(34(28)23-33(29)38-35(39)41)36(30-16-8-3-9-17-30,31-18-10-4-11-19-31)32-20-12-5-13-21-32/h2-24,26H,25H2,1H3,(H,38,41)/t26-/m1/s1. The average molecular weight is 535 g/mol. The molecule has 41 heavy (non-hydrogen) atoms. The summed E-state index contributed by atoms with van der Waals surface area (Å²) in [6.07, 6.45) is 1.95. The Morgan fingerprint density at radius 1 is 0.732 bits per heavy atom. The molecule has 2 heterocycles. The average Bonchev–Trinajstić information content (AvgIpc) is 3.44. The SMILES string of the molecule is C[C@H](c1ccccc1)N1Cc2cc3cnn(C(c4ccccc4)(c4ccccc4)c4ccccc4)c3cc2NC1=O. The number of hydrogen-bond donors (Lipinski definition) is 1. The van der Waals surface area contributed by atoms with E-state index in [-0.39, 0.29) is 12.1 Å². The fraction of sp³-hybridized carbons (Fsp3) is 0.111. The number of benzene rings is 5. The third kappa shape index (κ3) is 4.09. The van der Waals surface area contributed by atoms with Crippen LogP contribution in [0.2, 0.25) is 0 Å². The number of fused-ring (bicyclic) bond motifs is 2. The molecule has 6 aromatic rings. The van der Waals surface area contributed by atoms with Gasteiger partial charge in [0.2, 0.25) is 0 Å². The first-order valence-electron chi connectivity index (χ1n) is 14.0. The maximum absolute atomic E-state index is 13.4. The molecule has 0 aliphatic carbocycles. The number of urea groups is 1. The molecule has 0 saturated carbocycles. The van der Waals surface area contributed by atoms with Crippen molar-refractivity contribution in [2.75, 3.05) is 5.32 Å². The number of carbonyl (C=O) groups excluding carboxylic acids is 1. The molecule has 2 amide bonds.